The quantitative estimate of drug-likeness (QED) is 0.793. The van der Waals surface area contributed by atoms with Crippen LogP contribution in [0.2, 0.25) is 0 Å². The zero-order valence-corrected chi connectivity index (χ0v) is 16.1. The Labute approximate surface area is 159 Å². The highest BCUT2D eigenvalue weighted by Crippen LogP contribution is 2.21. The first-order chi connectivity index (χ1) is 12.9. The second-order valence-corrected chi connectivity index (χ2v) is 8.42. The molecule has 1 saturated heterocycles. The van der Waals surface area contributed by atoms with Crippen molar-refractivity contribution in [2.45, 2.75) is 25.8 Å². The van der Waals surface area contributed by atoms with Crippen molar-refractivity contribution in [3.8, 4) is 0 Å². The van der Waals surface area contributed by atoms with Gasteiger partial charge in [0.15, 0.2) is 0 Å². The average molecular weight is 388 g/mol. The maximum Gasteiger partial charge on any atom is 0.251 e. The number of pyridine rings is 1. The standard InChI is InChI=1S/C19H24N4O3S/c1-27(25,26)22-17-9-5-7-15(13-17)19(24)21-14-16-8-6-10-20-18(16)23-11-3-2-4-12-23/h5-10,13,22H,2-4,11-12,14H2,1H3,(H,21,24). The van der Waals surface area contributed by atoms with Gasteiger partial charge in [-0.25, -0.2) is 13.4 Å². The van der Waals surface area contributed by atoms with Gasteiger partial charge in [0.25, 0.3) is 5.91 Å². The molecule has 0 aliphatic carbocycles. The van der Waals surface area contributed by atoms with Crippen LogP contribution in [0.1, 0.15) is 35.2 Å². The number of piperidine rings is 1. The number of anilines is 2. The Kier molecular flexibility index (Phi) is 5.95. The smallest absolute Gasteiger partial charge is 0.251 e. The van der Waals surface area contributed by atoms with Gasteiger partial charge in [0.05, 0.1) is 6.26 Å². The van der Waals surface area contributed by atoms with Gasteiger partial charge >= 0.3 is 0 Å². The number of aromatic nitrogens is 1. The first-order valence-corrected chi connectivity index (χ1v) is 10.9. The van der Waals surface area contributed by atoms with Crippen LogP contribution in [0.25, 0.3) is 0 Å². The highest BCUT2D eigenvalue weighted by atomic mass is 32.2. The van der Waals surface area contributed by atoms with E-state index in [0.717, 1.165) is 43.6 Å². The van der Waals surface area contributed by atoms with Crippen LogP contribution in [0, 0.1) is 0 Å². The molecule has 1 aliphatic rings. The largest absolute Gasteiger partial charge is 0.356 e. The van der Waals surface area contributed by atoms with Crippen molar-refractivity contribution in [3.05, 3.63) is 53.7 Å². The molecule has 1 aromatic heterocycles. The topological polar surface area (TPSA) is 91.4 Å². The molecule has 0 saturated carbocycles. The van der Waals surface area contributed by atoms with Crippen LogP contribution >= 0.6 is 0 Å². The van der Waals surface area contributed by atoms with Crippen LogP contribution < -0.4 is 14.9 Å². The molecule has 1 amide bonds. The molecule has 2 heterocycles. The van der Waals surface area contributed by atoms with Crippen molar-refractivity contribution in [3.63, 3.8) is 0 Å². The third-order valence-electron chi connectivity index (χ3n) is 4.39. The molecule has 0 bridgehead atoms. The van der Waals surface area contributed by atoms with E-state index in [4.69, 9.17) is 0 Å². The molecular formula is C19H24N4O3S. The number of carbonyl (C=O) groups is 1. The number of nitrogens with zero attached hydrogens (tertiary/aromatic N) is 2. The van der Waals surface area contributed by atoms with Gasteiger partial charge in [0, 0.05) is 42.6 Å². The predicted octanol–water partition coefficient (Wildman–Crippen LogP) is 2.37. The summed E-state index contributed by atoms with van der Waals surface area (Å²) in [7, 11) is -3.39. The fourth-order valence-electron chi connectivity index (χ4n) is 3.17. The molecule has 2 aromatic rings. The van der Waals surface area contributed by atoms with E-state index in [2.05, 4.69) is 19.9 Å². The summed E-state index contributed by atoms with van der Waals surface area (Å²) in [5, 5.41) is 2.90. The Bertz CT molecular complexity index is 909. The van der Waals surface area contributed by atoms with Crippen LogP contribution in [0.3, 0.4) is 0 Å². The minimum absolute atomic E-state index is 0.263. The zero-order valence-electron chi connectivity index (χ0n) is 15.3. The van der Waals surface area contributed by atoms with Crippen LogP contribution in [-0.4, -0.2) is 38.7 Å². The van der Waals surface area contributed by atoms with Gasteiger partial charge in [-0.1, -0.05) is 12.1 Å². The van der Waals surface area contributed by atoms with Crippen molar-refractivity contribution >= 4 is 27.4 Å². The molecule has 144 valence electrons. The molecule has 3 rings (SSSR count). The lowest BCUT2D eigenvalue weighted by molar-refractivity contribution is 0.0951. The number of hydrogen-bond donors (Lipinski definition) is 2. The second kappa shape index (κ2) is 8.39. The molecule has 1 aliphatic heterocycles. The number of sulfonamides is 1. The van der Waals surface area contributed by atoms with Crippen LogP contribution in [-0.2, 0) is 16.6 Å². The lowest BCUT2D eigenvalue weighted by Crippen LogP contribution is -2.32. The molecular weight excluding hydrogens is 364 g/mol. The lowest BCUT2D eigenvalue weighted by Gasteiger charge is -2.29. The van der Waals surface area contributed by atoms with Crippen molar-refractivity contribution in [2.24, 2.45) is 0 Å². The third-order valence-corrected chi connectivity index (χ3v) is 5.00. The second-order valence-electron chi connectivity index (χ2n) is 6.67. The first-order valence-electron chi connectivity index (χ1n) is 8.97. The van der Waals surface area contributed by atoms with Gasteiger partial charge in [-0.3, -0.25) is 9.52 Å². The third kappa shape index (κ3) is 5.43. The molecule has 7 nitrogen and oxygen atoms in total. The lowest BCUT2D eigenvalue weighted by atomic mass is 10.1. The van der Waals surface area contributed by atoms with E-state index in [1.807, 2.05) is 12.1 Å². The number of hydrogen-bond acceptors (Lipinski definition) is 5. The molecule has 0 spiro atoms. The molecule has 2 N–H and O–H groups in total. The van der Waals surface area contributed by atoms with Gasteiger partial charge in [-0.2, -0.15) is 0 Å². The summed E-state index contributed by atoms with van der Waals surface area (Å²) >= 11 is 0. The summed E-state index contributed by atoms with van der Waals surface area (Å²) in [6, 6.07) is 10.3. The minimum Gasteiger partial charge on any atom is -0.356 e. The van der Waals surface area contributed by atoms with Crippen molar-refractivity contribution < 1.29 is 13.2 Å². The molecule has 1 aromatic carbocycles. The monoisotopic (exact) mass is 388 g/mol. The molecule has 0 atom stereocenters. The van der Waals surface area contributed by atoms with E-state index in [-0.39, 0.29) is 5.91 Å². The van der Waals surface area contributed by atoms with Crippen molar-refractivity contribution in [2.75, 3.05) is 29.0 Å². The maximum atomic E-state index is 12.5. The van der Waals surface area contributed by atoms with Crippen LogP contribution in [0.15, 0.2) is 42.6 Å². The highest BCUT2D eigenvalue weighted by molar-refractivity contribution is 7.92. The van der Waals surface area contributed by atoms with E-state index in [1.165, 1.54) is 12.5 Å². The summed E-state index contributed by atoms with van der Waals surface area (Å²) in [5.74, 6) is 0.658. The number of benzene rings is 1. The molecule has 0 radical (unpaired) electrons. The zero-order chi connectivity index (χ0) is 19.3. The predicted molar refractivity (Wildman–Crippen MR) is 106 cm³/mol. The van der Waals surface area contributed by atoms with Crippen LogP contribution in [0.4, 0.5) is 11.5 Å². The van der Waals surface area contributed by atoms with Gasteiger partial charge in [-0.05, 0) is 43.5 Å². The number of nitrogens with one attached hydrogen (secondary N) is 2. The maximum absolute atomic E-state index is 12.5. The summed E-state index contributed by atoms with van der Waals surface area (Å²) in [5.41, 5.74) is 1.73. The summed E-state index contributed by atoms with van der Waals surface area (Å²) in [6.45, 7) is 2.33. The fourth-order valence-corrected chi connectivity index (χ4v) is 3.73. The van der Waals surface area contributed by atoms with E-state index in [1.54, 1.807) is 24.4 Å². The molecule has 0 unspecified atom stereocenters. The summed E-state index contributed by atoms with van der Waals surface area (Å²) in [4.78, 5) is 19.3. The van der Waals surface area contributed by atoms with Gasteiger partial charge in [0.2, 0.25) is 10.0 Å². The number of rotatable bonds is 6. The Morgan fingerprint density at radius 2 is 1.93 bits per heavy atom. The first kappa shape index (κ1) is 19.2. The normalized spacial score (nSPS) is 14.6. The Morgan fingerprint density at radius 1 is 1.15 bits per heavy atom. The summed E-state index contributed by atoms with van der Waals surface area (Å²) in [6.07, 6.45) is 6.40. The molecule has 8 heteroatoms. The van der Waals surface area contributed by atoms with E-state index >= 15 is 0 Å². The van der Waals surface area contributed by atoms with E-state index < -0.39 is 10.0 Å². The van der Waals surface area contributed by atoms with Gasteiger partial charge in [0.1, 0.15) is 5.82 Å². The Hall–Kier alpha value is -2.61. The fraction of sp³-hybridized carbons (Fsp3) is 0.368. The van der Waals surface area contributed by atoms with Crippen molar-refractivity contribution in [1.29, 1.82) is 0 Å². The van der Waals surface area contributed by atoms with E-state index in [0.29, 0.717) is 17.8 Å². The van der Waals surface area contributed by atoms with Crippen molar-refractivity contribution in [1.82, 2.24) is 10.3 Å². The van der Waals surface area contributed by atoms with Gasteiger partial charge < -0.3 is 10.2 Å². The summed E-state index contributed by atoms with van der Waals surface area (Å²) < 4.78 is 25.1. The number of amides is 1. The highest BCUT2D eigenvalue weighted by Gasteiger charge is 2.16. The SMILES string of the molecule is CS(=O)(=O)Nc1cccc(C(=O)NCc2cccnc2N2CCCCC2)c1. The minimum atomic E-state index is -3.39. The Balaban J connectivity index is 1.69. The molecule has 1 fully saturated rings. The van der Waals surface area contributed by atoms with Crippen LogP contribution in [0.5, 0.6) is 0 Å². The molecule has 27 heavy (non-hydrogen) atoms. The van der Waals surface area contributed by atoms with E-state index in [9.17, 15) is 13.2 Å². The Morgan fingerprint density at radius 3 is 2.67 bits per heavy atom. The average Bonchev–Trinajstić information content (AvgIpc) is 2.66. The van der Waals surface area contributed by atoms with Gasteiger partial charge in [-0.15, -0.1) is 0 Å². The number of carbonyl (C=O) groups excluding carboxylic acids is 1.